The van der Waals surface area contributed by atoms with Crippen molar-refractivity contribution in [2.75, 3.05) is 6.61 Å². The van der Waals surface area contributed by atoms with E-state index in [0.717, 1.165) is 0 Å². The minimum absolute atomic E-state index is 0.0873. The summed E-state index contributed by atoms with van der Waals surface area (Å²) in [5.74, 6) is -2.64. The van der Waals surface area contributed by atoms with Crippen LogP contribution in [0.15, 0.2) is 36.4 Å². The van der Waals surface area contributed by atoms with Crippen LogP contribution in [-0.4, -0.2) is 35.8 Å². The smallest absolute Gasteiger partial charge is 0.409 e. The third-order valence-electron chi connectivity index (χ3n) is 2.68. The van der Waals surface area contributed by atoms with Gasteiger partial charge in [-0.1, -0.05) is 18.7 Å². The molecule has 0 heterocycles. The second-order valence-corrected chi connectivity index (χ2v) is 4.91. The highest BCUT2D eigenvalue weighted by atomic mass is 19.4. The number of carboxylic acids is 1. The summed E-state index contributed by atoms with van der Waals surface area (Å²) in [4.78, 5) is 22.6. The lowest BCUT2D eigenvalue weighted by Gasteiger charge is -2.20. The van der Waals surface area contributed by atoms with E-state index in [1.165, 1.54) is 18.2 Å². The van der Waals surface area contributed by atoms with E-state index in [1.54, 1.807) is 18.3 Å². The van der Waals surface area contributed by atoms with Crippen LogP contribution in [0.4, 0.5) is 13.2 Å². The van der Waals surface area contributed by atoms with E-state index in [1.807, 2.05) is 0 Å². The standard InChI is InChI=1S/C15H16F3NO4/c1-9(2)8-23-11-6-4-3-5-10(11)14(22)19-12(7-13(20)21)15(16,17)18/h3-6,12H,1,7-8H2,2H3,(H,19,22)(H,20,21)/t12-/m0/s1. The molecule has 8 heteroatoms. The molecule has 0 aliphatic rings. The van der Waals surface area contributed by atoms with Crippen LogP contribution in [0.25, 0.3) is 0 Å². The molecular formula is C15H16F3NO4. The molecule has 5 nitrogen and oxygen atoms in total. The number of halogens is 3. The fourth-order valence-corrected chi connectivity index (χ4v) is 1.64. The number of rotatable bonds is 7. The molecule has 0 unspecified atom stereocenters. The van der Waals surface area contributed by atoms with Gasteiger partial charge in [0, 0.05) is 0 Å². The van der Waals surface area contributed by atoms with Crippen molar-refractivity contribution in [3.05, 3.63) is 42.0 Å². The lowest BCUT2D eigenvalue weighted by Crippen LogP contribution is -2.46. The highest BCUT2D eigenvalue weighted by Crippen LogP contribution is 2.24. The minimum atomic E-state index is -4.87. The van der Waals surface area contributed by atoms with Crippen LogP contribution in [0, 0.1) is 0 Å². The number of carboxylic acid groups (broad SMARTS) is 1. The fraction of sp³-hybridized carbons (Fsp3) is 0.333. The molecule has 0 fully saturated rings. The molecule has 1 atom stereocenters. The molecule has 0 saturated carbocycles. The molecule has 1 aromatic carbocycles. The highest BCUT2D eigenvalue weighted by molar-refractivity contribution is 5.97. The van der Waals surface area contributed by atoms with Crippen molar-refractivity contribution >= 4 is 11.9 Å². The van der Waals surface area contributed by atoms with Crippen molar-refractivity contribution < 1.29 is 32.6 Å². The Labute approximate surface area is 130 Å². The van der Waals surface area contributed by atoms with Gasteiger partial charge in [0.2, 0.25) is 0 Å². The zero-order valence-electron chi connectivity index (χ0n) is 12.3. The van der Waals surface area contributed by atoms with Crippen LogP contribution in [0.5, 0.6) is 5.75 Å². The van der Waals surface area contributed by atoms with Crippen LogP contribution in [0.1, 0.15) is 23.7 Å². The Balaban J connectivity index is 2.95. The molecule has 2 N–H and O–H groups in total. The SMILES string of the molecule is C=C(C)COc1ccccc1C(=O)N[C@@H](CC(=O)O)C(F)(F)F. The summed E-state index contributed by atoms with van der Waals surface area (Å²) in [6.45, 7) is 5.41. The molecule has 0 aliphatic carbocycles. The Hall–Kier alpha value is -2.51. The fourth-order valence-electron chi connectivity index (χ4n) is 1.64. The largest absolute Gasteiger partial charge is 0.488 e. The van der Waals surface area contributed by atoms with Crippen molar-refractivity contribution in [2.45, 2.75) is 25.6 Å². The number of carbonyl (C=O) groups excluding carboxylic acids is 1. The molecule has 23 heavy (non-hydrogen) atoms. The van der Waals surface area contributed by atoms with Crippen LogP contribution < -0.4 is 10.1 Å². The monoisotopic (exact) mass is 331 g/mol. The first-order valence-electron chi connectivity index (χ1n) is 6.57. The Morgan fingerprint density at radius 3 is 2.48 bits per heavy atom. The summed E-state index contributed by atoms with van der Waals surface area (Å²) in [6.07, 6.45) is -6.13. The summed E-state index contributed by atoms with van der Waals surface area (Å²) < 4.78 is 43.7. The van der Waals surface area contributed by atoms with Crippen molar-refractivity contribution in [1.82, 2.24) is 5.32 Å². The number of hydrogen-bond donors (Lipinski definition) is 2. The average molecular weight is 331 g/mol. The second kappa shape index (κ2) is 7.66. The third kappa shape index (κ3) is 6.01. The third-order valence-corrected chi connectivity index (χ3v) is 2.68. The van der Waals surface area contributed by atoms with Crippen molar-refractivity contribution in [1.29, 1.82) is 0 Å². The summed E-state index contributed by atoms with van der Waals surface area (Å²) >= 11 is 0. The van der Waals surface area contributed by atoms with Crippen molar-refractivity contribution in [3.8, 4) is 5.75 Å². The summed E-state index contributed by atoms with van der Waals surface area (Å²) in [5.41, 5.74) is 0.549. The van der Waals surface area contributed by atoms with Crippen molar-refractivity contribution in [2.24, 2.45) is 0 Å². The zero-order valence-corrected chi connectivity index (χ0v) is 12.3. The van der Waals surface area contributed by atoms with Gasteiger partial charge in [-0.2, -0.15) is 13.2 Å². The van der Waals surface area contributed by atoms with Gasteiger partial charge in [0.1, 0.15) is 18.4 Å². The summed E-state index contributed by atoms with van der Waals surface area (Å²) in [5, 5.41) is 10.2. The Bertz CT molecular complexity index is 599. The lowest BCUT2D eigenvalue weighted by atomic mass is 10.1. The van der Waals surface area contributed by atoms with Gasteiger partial charge in [-0.15, -0.1) is 0 Å². The maximum absolute atomic E-state index is 12.8. The molecule has 0 saturated heterocycles. The Morgan fingerprint density at radius 1 is 1.35 bits per heavy atom. The maximum Gasteiger partial charge on any atom is 0.409 e. The van der Waals surface area contributed by atoms with E-state index in [4.69, 9.17) is 9.84 Å². The number of alkyl halides is 3. The predicted molar refractivity (Wildman–Crippen MR) is 76.3 cm³/mol. The van der Waals surface area contributed by atoms with Crippen LogP contribution >= 0.6 is 0 Å². The normalized spacial score (nSPS) is 12.3. The van der Waals surface area contributed by atoms with E-state index in [9.17, 15) is 22.8 Å². The molecule has 0 spiro atoms. The van der Waals surface area contributed by atoms with E-state index < -0.39 is 30.5 Å². The zero-order chi connectivity index (χ0) is 17.6. The predicted octanol–water partition coefficient (Wildman–Crippen LogP) is 2.78. The first-order valence-corrected chi connectivity index (χ1v) is 6.57. The molecule has 0 aliphatic heterocycles. The molecular weight excluding hydrogens is 315 g/mol. The van der Waals surface area contributed by atoms with E-state index >= 15 is 0 Å². The molecule has 0 bridgehead atoms. The van der Waals surface area contributed by atoms with Gasteiger partial charge in [0.25, 0.3) is 5.91 Å². The summed E-state index contributed by atoms with van der Waals surface area (Å²) in [7, 11) is 0. The molecule has 0 aromatic heterocycles. The molecule has 1 aromatic rings. The second-order valence-electron chi connectivity index (χ2n) is 4.91. The molecule has 126 valence electrons. The number of ether oxygens (including phenoxy) is 1. The number of carbonyl (C=O) groups is 2. The van der Waals surface area contributed by atoms with Gasteiger partial charge in [-0.25, -0.2) is 0 Å². The van der Waals surface area contributed by atoms with E-state index in [-0.39, 0.29) is 17.9 Å². The molecule has 1 rings (SSSR count). The van der Waals surface area contributed by atoms with Gasteiger partial charge in [-0.05, 0) is 24.6 Å². The van der Waals surface area contributed by atoms with Gasteiger partial charge in [0.05, 0.1) is 12.0 Å². The number of hydrogen-bond acceptors (Lipinski definition) is 3. The average Bonchev–Trinajstić information content (AvgIpc) is 2.43. The lowest BCUT2D eigenvalue weighted by molar-refractivity contribution is -0.165. The topological polar surface area (TPSA) is 75.6 Å². The number of nitrogens with one attached hydrogen (secondary N) is 1. The first-order chi connectivity index (χ1) is 10.6. The van der Waals surface area contributed by atoms with Gasteiger partial charge in [-0.3, -0.25) is 9.59 Å². The van der Waals surface area contributed by atoms with Crippen LogP contribution in [0.2, 0.25) is 0 Å². The van der Waals surface area contributed by atoms with Gasteiger partial charge < -0.3 is 15.2 Å². The number of para-hydroxylation sites is 1. The van der Waals surface area contributed by atoms with Crippen LogP contribution in [-0.2, 0) is 4.79 Å². The van der Waals surface area contributed by atoms with Gasteiger partial charge in [0.15, 0.2) is 0 Å². The van der Waals surface area contributed by atoms with E-state index in [2.05, 4.69) is 6.58 Å². The quantitative estimate of drug-likeness (QED) is 0.753. The maximum atomic E-state index is 12.8. The van der Waals surface area contributed by atoms with E-state index in [0.29, 0.717) is 5.57 Å². The molecule has 0 radical (unpaired) electrons. The Morgan fingerprint density at radius 2 is 1.96 bits per heavy atom. The number of amides is 1. The Kier molecular flexibility index (Phi) is 6.18. The first kappa shape index (κ1) is 18.5. The minimum Gasteiger partial charge on any atom is -0.488 e. The highest BCUT2D eigenvalue weighted by Gasteiger charge is 2.42. The number of benzene rings is 1. The summed E-state index contributed by atoms with van der Waals surface area (Å²) in [6, 6.07) is 3.25. The van der Waals surface area contributed by atoms with Gasteiger partial charge >= 0.3 is 12.1 Å². The number of aliphatic carboxylic acids is 1. The van der Waals surface area contributed by atoms with Crippen molar-refractivity contribution in [3.63, 3.8) is 0 Å². The molecule has 1 amide bonds. The van der Waals surface area contributed by atoms with Crippen LogP contribution in [0.3, 0.4) is 0 Å².